The standard InChI is InChI=1S/C39H42N4/c40-17-37(18-41)36(35-29-8-23-2-24(10-29)11-30(35)9-23)34(16-33-27-4-21-1-22(6-27)7-28(33)5-21)39(38(37,19-42)20-43)31-12-25-3-26(14-31)15-32(39)13-25/h21-32H,1-15H2. The monoisotopic (exact) mass is 566 g/mol. The zero-order valence-corrected chi connectivity index (χ0v) is 25.3. The highest BCUT2D eigenvalue weighted by molar-refractivity contribution is 5.68. The van der Waals surface area contributed by atoms with Crippen LogP contribution in [0.15, 0.2) is 28.0 Å². The SMILES string of the molecule is N#CC1(C#N)C(=C2C3CC4CC(C3)CC2C4)C(=C=C2C3CC4CC(C3)CC2C4)C2(C3CC4CC(C3)CC2C4)C1(C#N)C#N. The third-order valence-corrected chi connectivity index (χ3v) is 15.9. The second-order valence-electron chi connectivity index (χ2n) is 17.5. The Bertz CT molecular complexity index is 1490. The van der Waals surface area contributed by atoms with Crippen LogP contribution < -0.4 is 0 Å². The van der Waals surface area contributed by atoms with Crippen LogP contribution in [0.25, 0.3) is 0 Å². The molecule has 13 rings (SSSR count). The van der Waals surface area contributed by atoms with Gasteiger partial charge in [-0.15, -0.1) is 5.73 Å². The zero-order chi connectivity index (χ0) is 28.9. The molecule has 13 fully saturated rings. The predicted octanol–water partition coefficient (Wildman–Crippen LogP) is 8.17. The Hall–Kier alpha value is -2.78. The minimum absolute atomic E-state index is 0.194. The number of hydrogen-bond acceptors (Lipinski definition) is 4. The van der Waals surface area contributed by atoms with Crippen molar-refractivity contribution in [3.8, 4) is 24.3 Å². The van der Waals surface area contributed by atoms with Crippen LogP contribution in [0, 0.1) is 133 Å². The fraction of sp³-hybridized carbons (Fsp3) is 0.769. The van der Waals surface area contributed by atoms with Gasteiger partial charge in [-0.3, -0.25) is 0 Å². The first-order valence-corrected chi connectivity index (χ1v) is 17.9. The molecule has 13 saturated carbocycles. The highest BCUT2D eigenvalue weighted by Crippen LogP contribution is 2.81. The molecule has 43 heavy (non-hydrogen) atoms. The van der Waals surface area contributed by atoms with Gasteiger partial charge in [0.25, 0.3) is 0 Å². The molecule has 4 nitrogen and oxygen atoms in total. The van der Waals surface area contributed by atoms with Gasteiger partial charge in [-0.1, -0.05) is 5.57 Å². The summed E-state index contributed by atoms with van der Waals surface area (Å²) in [5.41, 5.74) is 4.86. The van der Waals surface area contributed by atoms with Crippen LogP contribution in [0.4, 0.5) is 0 Å². The number of rotatable bonds is 0. The maximum Gasteiger partial charge on any atom is 0.201 e. The van der Waals surface area contributed by atoms with Crippen molar-refractivity contribution in [1.29, 1.82) is 21.0 Å². The van der Waals surface area contributed by atoms with Crippen molar-refractivity contribution < 1.29 is 0 Å². The first-order chi connectivity index (χ1) is 21.0. The second kappa shape index (κ2) is 8.27. The van der Waals surface area contributed by atoms with Gasteiger partial charge in [0.1, 0.15) is 0 Å². The maximum atomic E-state index is 11.4. The van der Waals surface area contributed by atoms with Crippen LogP contribution >= 0.6 is 0 Å². The van der Waals surface area contributed by atoms with Gasteiger partial charge >= 0.3 is 0 Å². The minimum atomic E-state index is -1.74. The average molecular weight is 567 g/mol. The quantitative estimate of drug-likeness (QED) is 0.276. The summed E-state index contributed by atoms with van der Waals surface area (Å²) in [4.78, 5) is 0. The van der Waals surface area contributed by atoms with E-state index in [1.54, 1.807) is 0 Å². The van der Waals surface area contributed by atoms with E-state index in [-0.39, 0.29) is 11.8 Å². The molecule has 0 aliphatic heterocycles. The average Bonchev–Trinajstić information content (AvgIpc) is 3.19. The number of hydrogen-bond donors (Lipinski definition) is 0. The molecule has 0 heterocycles. The third kappa shape index (κ3) is 2.80. The largest absolute Gasteiger partial charge is 0.201 e. The van der Waals surface area contributed by atoms with Crippen LogP contribution in [-0.4, -0.2) is 0 Å². The van der Waals surface area contributed by atoms with Gasteiger partial charge in [0.05, 0.1) is 24.3 Å². The Balaban J connectivity index is 1.34. The van der Waals surface area contributed by atoms with Crippen molar-refractivity contribution in [2.24, 2.45) is 87.3 Å². The van der Waals surface area contributed by atoms with E-state index in [0.717, 1.165) is 86.2 Å². The van der Waals surface area contributed by atoms with Gasteiger partial charge in [0, 0.05) is 16.6 Å². The van der Waals surface area contributed by atoms with E-state index in [4.69, 9.17) is 0 Å². The lowest BCUT2D eigenvalue weighted by Crippen LogP contribution is -2.60. The van der Waals surface area contributed by atoms with Gasteiger partial charge in [0.2, 0.25) is 5.41 Å². The second-order valence-corrected chi connectivity index (χ2v) is 17.5. The Kier molecular flexibility index (Phi) is 4.91. The predicted molar refractivity (Wildman–Crippen MR) is 158 cm³/mol. The topological polar surface area (TPSA) is 95.2 Å². The van der Waals surface area contributed by atoms with E-state index in [1.807, 2.05) is 0 Å². The van der Waals surface area contributed by atoms with Gasteiger partial charge in [-0.05, 0) is 173 Å². The first kappa shape index (κ1) is 25.5. The van der Waals surface area contributed by atoms with Crippen molar-refractivity contribution in [1.82, 2.24) is 0 Å². The summed E-state index contributed by atoms with van der Waals surface area (Å²) < 4.78 is 0. The van der Waals surface area contributed by atoms with E-state index in [2.05, 4.69) is 30.0 Å². The van der Waals surface area contributed by atoms with Crippen LogP contribution in [-0.2, 0) is 0 Å². The van der Waals surface area contributed by atoms with E-state index < -0.39 is 16.2 Å². The van der Waals surface area contributed by atoms with Crippen molar-refractivity contribution in [2.45, 2.75) is 96.3 Å². The van der Waals surface area contributed by atoms with E-state index in [0.29, 0.717) is 35.5 Å². The summed E-state index contributed by atoms with van der Waals surface area (Å²) in [6.07, 6.45) is 17.9. The van der Waals surface area contributed by atoms with Crippen molar-refractivity contribution in [2.75, 3.05) is 0 Å². The smallest absolute Gasteiger partial charge is 0.196 e. The van der Waals surface area contributed by atoms with Crippen molar-refractivity contribution in [3.63, 3.8) is 0 Å². The normalized spacial score (nSPS) is 51.3. The van der Waals surface area contributed by atoms with Gasteiger partial charge < -0.3 is 0 Å². The Morgan fingerprint density at radius 3 is 1.26 bits per heavy atom. The molecular weight excluding hydrogens is 524 g/mol. The van der Waals surface area contributed by atoms with Gasteiger partial charge in [-0.2, -0.15) is 21.0 Å². The van der Waals surface area contributed by atoms with Crippen LogP contribution in [0.3, 0.4) is 0 Å². The Morgan fingerprint density at radius 2 is 0.860 bits per heavy atom. The molecule has 12 bridgehead atoms. The Morgan fingerprint density at radius 1 is 0.465 bits per heavy atom. The molecule has 0 radical (unpaired) electrons. The summed E-state index contributed by atoms with van der Waals surface area (Å²) >= 11 is 0. The molecule has 0 N–H and O–H groups in total. The number of allylic oxidation sites excluding steroid dienone is 3. The lowest BCUT2D eigenvalue weighted by Gasteiger charge is -2.63. The molecule has 218 valence electrons. The first-order valence-electron chi connectivity index (χ1n) is 17.9. The molecule has 4 heteroatoms. The molecule has 0 aromatic heterocycles. The maximum absolute atomic E-state index is 11.4. The molecule has 0 saturated heterocycles. The van der Waals surface area contributed by atoms with Crippen molar-refractivity contribution in [3.05, 3.63) is 28.0 Å². The Labute approximate surface area is 256 Å². The summed E-state index contributed by atoms with van der Waals surface area (Å²) in [5.74, 6) is 6.82. The van der Waals surface area contributed by atoms with Crippen LogP contribution in [0.1, 0.15) is 96.3 Å². The molecule has 0 aromatic rings. The number of nitrogens with zero attached hydrogens (tertiary/aromatic N) is 4. The molecular formula is C39H42N4. The highest BCUT2D eigenvalue weighted by Gasteiger charge is 2.82. The zero-order valence-electron chi connectivity index (χ0n) is 25.3. The highest BCUT2D eigenvalue weighted by atomic mass is 14.8. The molecule has 13 aliphatic rings. The summed E-state index contributed by atoms with van der Waals surface area (Å²) in [6, 6.07) is 10.3. The third-order valence-electron chi connectivity index (χ3n) is 15.9. The fourth-order valence-corrected chi connectivity index (χ4v) is 15.4. The lowest BCUT2D eigenvalue weighted by atomic mass is 9.38. The van der Waals surface area contributed by atoms with Gasteiger partial charge in [0.15, 0.2) is 5.41 Å². The molecule has 1 spiro atoms. The van der Waals surface area contributed by atoms with E-state index in [1.165, 1.54) is 56.1 Å². The van der Waals surface area contributed by atoms with E-state index in [9.17, 15) is 21.0 Å². The fourth-order valence-electron chi connectivity index (χ4n) is 15.4. The van der Waals surface area contributed by atoms with Crippen LogP contribution in [0.2, 0.25) is 0 Å². The van der Waals surface area contributed by atoms with Gasteiger partial charge in [-0.25, -0.2) is 0 Å². The summed E-state index contributed by atoms with van der Waals surface area (Å²) in [6.45, 7) is 0. The molecule has 13 aliphatic carbocycles. The molecule has 0 amide bonds. The summed E-state index contributed by atoms with van der Waals surface area (Å²) in [5, 5.41) is 45.5. The molecule has 0 atom stereocenters. The van der Waals surface area contributed by atoms with Crippen LogP contribution in [0.5, 0.6) is 0 Å². The number of nitriles is 4. The van der Waals surface area contributed by atoms with Crippen molar-refractivity contribution >= 4 is 0 Å². The summed E-state index contributed by atoms with van der Waals surface area (Å²) in [7, 11) is 0. The lowest BCUT2D eigenvalue weighted by molar-refractivity contribution is -0.122. The van der Waals surface area contributed by atoms with E-state index >= 15 is 0 Å². The molecule has 0 aromatic carbocycles. The minimum Gasteiger partial charge on any atom is -0.196 e. The molecule has 0 unspecified atom stereocenters.